The number of nitrogens with one attached hydrogen (secondary N) is 1. The Bertz CT molecular complexity index is 556. The fraction of sp³-hybridized carbons (Fsp3) is 0.955. The van der Waals surface area contributed by atoms with E-state index in [2.05, 4.69) is 17.1 Å². The first-order valence-corrected chi connectivity index (χ1v) is 13.3. The summed E-state index contributed by atoms with van der Waals surface area (Å²) in [6.45, 7) is 4.82. The topological polar surface area (TPSA) is 102 Å². The summed E-state index contributed by atoms with van der Waals surface area (Å²) in [5.41, 5.74) is -0.706. The minimum atomic E-state index is -1.37. The van der Waals surface area contributed by atoms with Gasteiger partial charge in [0.1, 0.15) is 29.9 Å². The second-order valence-electron chi connectivity index (χ2n) is 9.11. The Kier molecular flexibility index (Phi) is 11.4. The second kappa shape index (κ2) is 13.0. The van der Waals surface area contributed by atoms with E-state index in [1.54, 1.807) is 13.2 Å². The van der Waals surface area contributed by atoms with Gasteiger partial charge in [0.25, 0.3) is 0 Å². The van der Waals surface area contributed by atoms with Crippen molar-refractivity contribution in [3.05, 3.63) is 0 Å². The molecule has 2 rings (SSSR count). The Morgan fingerprint density at radius 2 is 1.90 bits per heavy atom. The van der Waals surface area contributed by atoms with Gasteiger partial charge in [-0.2, -0.15) is 0 Å². The molecule has 0 aromatic carbocycles. The smallest absolute Gasteiger partial charge is 0.237 e. The highest BCUT2D eigenvalue weighted by Crippen LogP contribution is 2.31. The maximum atomic E-state index is 13.2. The number of hydrogen-bond acceptors (Lipinski definition) is 7. The van der Waals surface area contributed by atoms with E-state index in [4.69, 9.17) is 16.3 Å². The average Bonchev–Trinajstić information content (AvgIpc) is 2.92. The van der Waals surface area contributed by atoms with E-state index in [1.807, 2.05) is 7.05 Å². The summed E-state index contributed by atoms with van der Waals surface area (Å²) in [4.78, 5) is 15.3. The van der Waals surface area contributed by atoms with Gasteiger partial charge in [-0.25, -0.2) is 0 Å². The SMILES string of the molecule is CCCCC[C@H]1CC[C@@H](C(=O)N[C@H]([C@H](C)Cl)[C@H]2OC(SC)[C@H](O)C(O)C2O)N(C)CC1. The molecule has 2 saturated heterocycles. The maximum absolute atomic E-state index is 13.2. The minimum Gasteiger partial charge on any atom is -0.388 e. The Morgan fingerprint density at radius 1 is 1.19 bits per heavy atom. The van der Waals surface area contributed by atoms with Crippen LogP contribution in [0.4, 0.5) is 0 Å². The van der Waals surface area contributed by atoms with Crippen LogP contribution >= 0.6 is 23.4 Å². The van der Waals surface area contributed by atoms with Crippen LogP contribution in [0, 0.1) is 5.92 Å². The molecule has 9 heteroatoms. The van der Waals surface area contributed by atoms with Crippen molar-refractivity contribution < 1.29 is 24.9 Å². The van der Waals surface area contributed by atoms with E-state index in [9.17, 15) is 20.1 Å². The van der Waals surface area contributed by atoms with E-state index in [1.165, 1.54) is 37.4 Å². The zero-order valence-corrected chi connectivity index (χ0v) is 20.8. The molecular weight excluding hydrogens is 440 g/mol. The van der Waals surface area contributed by atoms with Gasteiger partial charge in [-0.1, -0.05) is 32.6 Å². The second-order valence-corrected chi connectivity index (χ2v) is 10.7. The highest BCUT2D eigenvalue weighted by Gasteiger charge is 2.48. The van der Waals surface area contributed by atoms with Crippen LogP contribution in [0.25, 0.3) is 0 Å². The van der Waals surface area contributed by atoms with Gasteiger partial charge in [-0.05, 0) is 52.0 Å². The van der Waals surface area contributed by atoms with Crippen LogP contribution in [0.3, 0.4) is 0 Å². The number of hydrogen-bond donors (Lipinski definition) is 4. The summed E-state index contributed by atoms with van der Waals surface area (Å²) >= 11 is 7.64. The summed E-state index contributed by atoms with van der Waals surface area (Å²) < 4.78 is 5.86. The summed E-state index contributed by atoms with van der Waals surface area (Å²) in [6, 6.07) is -0.959. The Hall–Kier alpha value is -0.0900. The lowest BCUT2D eigenvalue weighted by atomic mass is 9.92. The molecule has 0 aliphatic carbocycles. The molecule has 0 radical (unpaired) electrons. The number of aliphatic hydroxyl groups is 3. The number of unbranched alkanes of at least 4 members (excludes halogenated alkanes) is 2. The Labute approximate surface area is 196 Å². The van der Waals surface area contributed by atoms with Gasteiger partial charge in [-0.3, -0.25) is 9.69 Å². The van der Waals surface area contributed by atoms with Gasteiger partial charge in [0.05, 0.1) is 17.5 Å². The van der Waals surface area contributed by atoms with Crippen molar-refractivity contribution in [3.8, 4) is 0 Å². The third kappa shape index (κ3) is 7.19. The molecule has 3 unspecified atom stereocenters. The largest absolute Gasteiger partial charge is 0.388 e. The number of amides is 1. The van der Waals surface area contributed by atoms with Crippen molar-refractivity contribution in [2.75, 3.05) is 19.8 Å². The molecule has 0 saturated carbocycles. The summed E-state index contributed by atoms with van der Waals surface area (Å²) in [7, 11) is 1.98. The number of halogens is 1. The van der Waals surface area contributed by atoms with Crippen LogP contribution in [0.15, 0.2) is 0 Å². The maximum Gasteiger partial charge on any atom is 0.237 e. The van der Waals surface area contributed by atoms with Gasteiger partial charge in [-0.15, -0.1) is 23.4 Å². The third-order valence-corrected chi connectivity index (χ3v) is 7.91. The number of likely N-dealkylation sites (tertiary alicyclic amines) is 1. The molecule has 2 heterocycles. The number of nitrogens with zero attached hydrogens (tertiary/aromatic N) is 1. The van der Waals surface area contributed by atoms with E-state index in [0.29, 0.717) is 5.92 Å². The molecule has 2 aliphatic heterocycles. The van der Waals surface area contributed by atoms with Crippen LogP contribution < -0.4 is 5.32 Å². The summed E-state index contributed by atoms with van der Waals surface area (Å²) in [5, 5.41) is 33.4. The number of carbonyl (C=O) groups is 1. The van der Waals surface area contributed by atoms with Crippen molar-refractivity contribution in [3.63, 3.8) is 0 Å². The van der Waals surface area contributed by atoms with Crippen molar-refractivity contribution in [2.45, 2.75) is 106 Å². The van der Waals surface area contributed by atoms with Crippen molar-refractivity contribution >= 4 is 29.3 Å². The normalized spacial score (nSPS) is 37.1. The fourth-order valence-electron chi connectivity index (χ4n) is 4.69. The third-order valence-electron chi connectivity index (χ3n) is 6.79. The van der Waals surface area contributed by atoms with Gasteiger partial charge >= 0.3 is 0 Å². The number of thioether (sulfide) groups is 1. The number of alkyl halides is 1. The molecule has 182 valence electrons. The summed E-state index contributed by atoms with van der Waals surface area (Å²) in [5.74, 6) is 0.517. The van der Waals surface area contributed by atoms with Gasteiger partial charge in [0, 0.05) is 0 Å². The first-order chi connectivity index (χ1) is 14.7. The molecule has 0 aromatic heterocycles. The fourth-order valence-corrected chi connectivity index (χ4v) is 5.57. The zero-order chi connectivity index (χ0) is 23.1. The molecule has 0 aromatic rings. The van der Waals surface area contributed by atoms with Gasteiger partial charge < -0.3 is 25.4 Å². The number of rotatable bonds is 9. The predicted octanol–water partition coefficient (Wildman–Crippen LogP) is 1.95. The monoisotopic (exact) mass is 480 g/mol. The summed E-state index contributed by atoms with van der Waals surface area (Å²) in [6.07, 6.45) is 4.77. The zero-order valence-electron chi connectivity index (χ0n) is 19.2. The number of carbonyl (C=O) groups excluding carboxylic acids is 1. The van der Waals surface area contributed by atoms with Crippen LogP contribution in [-0.4, -0.2) is 93.3 Å². The number of aliphatic hydroxyl groups excluding tert-OH is 3. The molecule has 0 bridgehead atoms. The van der Waals surface area contributed by atoms with Gasteiger partial charge in [0.2, 0.25) is 5.91 Å². The quantitative estimate of drug-likeness (QED) is 0.295. The molecular formula is C22H41ClN2O5S. The average molecular weight is 481 g/mol. The molecule has 7 nitrogen and oxygen atoms in total. The van der Waals surface area contributed by atoms with Crippen molar-refractivity contribution in [2.24, 2.45) is 5.92 Å². The van der Waals surface area contributed by atoms with Gasteiger partial charge in [0.15, 0.2) is 0 Å². The highest BCUT2D eigenvalue weighted by atomic mass is 35.5. The molecule has 1 amide bonds. The Morgan fingerprint density at radius 3 is 2.52 bits per heavy atom. The first-order valence-electron chi connectivity index (χ1n) is 11.6. The standard InChI is InChI=1S/C22H41ClN2O5S/c1-5-6-7-8-14-9-10-15(25(3)12-11-14)21(29)24-16(13(2)23)20-18(27)17(26)19(28)22(30-20)31-4/h13-20,22,26-28H,5-12H2,1-4H3,(H,24,29)/t13-,14-,15-,16+,17?,18?,19+,20+,22?/m0/s1. The van der Waals surface area contributed by atoms with Crippen molar-refractivity contribution in [1.82, 2.24) is 10.2 Å². The van der Waals surface area contributed by atoms with Crippen LogP contribution in [-0.2, 0) is 9.53 Å². The van der Waals surface area contributed by atoms with E-state index in [0.717, 1.165) is 25.8 Å². The van der Waals surface area contributed by atoms with Crippen LogP contribution in [0.1, 0.15) is 58.8 Å². The van der Waals surface area contributed by atoms with E-state index >= 15 is 0 Å². The van der Waals surface area contributed by atoms with E-state index in [-0.39, 0.29) is 11.9 Å². The number of likely N-dealkylation sites (N-methyl/N-ethyl adjacent to an activating group) is 1. The number of ether oxygens (including phenoxy) is 1. The predicted molar refractivity (Wildman–Crippen MR) is 125 cm³/mol. The van der Waals surface area contributed by atoms with Crippen molar-refractivity contribution in [1.29, 1.82) is 0 Å². The molecule has 2 aliphatic rings. The molecule has 4 N–H and O–H groups in total. The van der Waals surface area contributed by atoms with E-state index < -0.39 is 41.3 Å². The molecule has 0 spiro atoms. The molecule has 9 atom stereocenters. The molecule has 2 fully saturated rings. The Balaban J connectivity index is 2.04. The minimum absolute atomic E-state index is 0.133. The lowest BCUT2D eigenvalue weighted by Gasteiger charge is -2.44. The first kappa shape index (κ1) is 27.2. The highest BCUT2D eigenvalue weighted by molar-refractivity contribution is 7.99. The van der Waals surface area contributed by atoms with Crippen LogP contribution in [0.5, 0.6) is 0 Å². The van der Waals surface area contributed by atoms with Crippen LogP contribution in [0.2, 0.25) is 0 Å². The lowest BCUT2D eigenvalue weighted by Crippen LogP contribution is -2.65. The lowest BCUT2D eigenvalue weighted by molar-refractivity contribution is -0.205. The molecule has 31 heavy (non-hydrogen) atoms.